The smallest absolute Gasteiger partial charge is 0.155 e. The molecule has 0 aromatic rings. The molecule has 142 valence electrons. The van der Waals surface area contributed by atoms with E-state index in [9.17, 15) is 4.79 Å². The van der Waals surface area contributed by atoms with Crippen molar-refractivity contribution < 1.29 is 14.3 Å². The molecule has 4 rings (SSSR count). The molecule has 4 aliphatic rings. The number of carbonyl (C=O) groups is 1. The van der Waals surface area contributed by atoms with Gasteiger partial charge in [0.2, 0.25) is 0 Å². The molecule has 0 bridgehead atoms. The van der Waals surface area contributed by atoms with Crippen LogP contribution in [0.3, 0.4) is 0 Å². The molecule has 2 saturated carbocycles. The van der Waals surface area contributed by atoms with Gasteiger partial charge >= 0.3 is 0 Å². The molecule has 3 nitrogen and oxygen atoms in total. The van der Waals surface area contributed by atoms with Crippen molar-refractivity contribution in [1.29, 1.82) is 0 Å². The quantitative estimate of drug-likeness (QED) is 0.319. The van der Waals surface area contributed by atoms with Crippen LogP contribution in [0.15, 0.2) is 35.5 Å². The van der Waals surface area contributed by atoms with Crippen molar-refractivity contribution in [2.45, 2.75) is 77.8 Å². The second-order valence-electron chi connectivity index (χ2n) is 9.29. The number of hydrogen-bond donors (Lipinski definition) is 0. The summed E-state index contributed by atoms with van der Waals surface area (Å²) in [5, 5.41) is 0. The first-order valence-electron chi connectivity index (χ1n) is 10.1. The Kier molecular flexibility index (Phi) is 4.13. The molecular weight excluding hydrogens is 324 g/mol. The van der Waals surface area contributed by atoms with E-state index < -0.39 is 0 Å². The summed E-state index contributed by atoms with van der Waals surface area (Å²) >= 11 is 0. The molecule has 2 heterocycles. The fourth-order valence-corrected chi connectivity index (χ4v) is 5.85. The van der Waals surface area contributed by atoms with Gasteiger partial charge in [0, 0.05) is 5.92 Å². The molecule has 3 heteroatoms. The lowest BCUT2D eigenvalue weighted by molar-refractivity contribution is -0.113. The average Bonchev–Trinajstić information content (AvgIpc) is 3.45. The van der Waals surface area contributed by atoms with Gasteiger partial charge in [0.15, 0.2) is 5.78 Å². The van der Waals surface area contributed by atoms with Crippen LogP contribution in [0, 0.1) is 23.7 Å². The Labute approximate surface area is 157 Å². The van der Waals surface area contributed by atoms with Crippen molar-refractivity contribution in [3.63, 3.8) is 0 Å². The second-order valence-corrected chi connectivity index (χ2v) is 9.29. The van der Waals surface area contributed by atoms with Crippen LogP contribution in [0.1, 0.15) is 54.4 Å². The zero-order valence-corrected chi connectivity index (χ0v) is 16.9. The van der Waals surface area contributed by atoms with Crippen molar-refractivity contribution in [2.24, 2.45) is 23.7 Å². The summed E-state index contributed by atoms with van der Waals surface area (Å²) in [6, 6.07) is 0. The van der Waals surface area contributed by atoms with Gasteiger partial charge in [-0.05, 0) is 77.7 Å². The summed E-state index contributed by atoms with van der Waals surface area (Å²) in [4.78, 5) is 11.5. The number of epoxide rings is 2. The fraction of sp³-hybridized carbons (Fsp3) is 0.696. The SMILES string of the molecule is C/C=C(\C)[C@H]1[C@@H](/C=C/C=C(\C)C(C)=O)[C@@H]2C[C@@H]3O[C@]3(C)C[C@H]2[C@@H]2O[C@@]21C. The molecule has 26 heavy (non-hydrogen) atoms. The number of allylic oxidation sites excluding steroid dienone is 5. The minimum atomic E-state index is -0.0514. The van der Waals surface area contributed by atoms with Crippen molar-refractivity contribution in [2.75, 3.05) is 0 Å². The Balaban J connectivity index is 1.67. The monoisotopic (exact) mass is 356 g/mol. The molecule has 0 aromatic heterocycles. The van der Waals surface area contributed by atoms with Gasteiger partial charge in [-0.25, -0.2) is 0 Å². The van der Waals surface area contributed by atoms with E-state index in [4.69, 9.17) is 9.47 Å². The maximum Gasteiger partial charge on any atom is 0.155 e. The summed E-state index contributed by atoms with van der Waals surface area (Å²) in [6.07, 6.45) is 11.7. The second kappa shape index (κ2) is 5.90. The van der Waals surface area contributed by atoms with Gasteiger partial charge in [-0.1, -0.05) is 29.9 Å². The number of ether oxygens (including phenoxy) is 2. The number of carbonyl (C=O) groups excluding carboxylic acids is 1. The Morgan fingerprint density at radius 3 is 2.50 bits per heavy atom. The maximum absolute atomic E-state index is 11.5. The lowest BCUT2D eigenvalue weighted by Crippen LogP contribution is -2.48. The molecule has 0 radical (unpaired) electrons. The third kappa shape index (κ3) is 2.66. The Morgan fingerprint density at radius 1 is 1.12 bits per heavy atom. The van der Waals surface area contributed by atoms with E-state index in [0.29, 0.717) is 35.9 Å². The summed E-state index contributed by atoms with van der Waals surface area (Å²) in [6.45, 7) is 12.4. The first kappa shape index (κ1) is 18.2. The summed E-state index contributed by atoms with van der Waals surface area (Å²) in [5.41, 5.74) is 2.27. The highest BCUT2D eigenvalue weighted by Gasteiger charge is 2.72. The minimum absolute atomic E-state index is 0.0514. The van der Waals surface area contributed by atoms with Gasteiger partial charge in [-0.15, -0.1) is 0 Å². The van der Waals surface area contributed by atoms with Gasteiger partial charge in [0.1, 0.15) is 0 Å². The van der Waals surface area contributed by atoms with Crippen LogP contribution in [-0.2, 0) is 14.3 Å². The summed E-state index contributed by atoms with van der Waals surface area (Å²) in [7, 11) is 0. The van der Waals surface area contributed by atoms with E-state index in [2.05, 4.69) is 45.9 Å². The Morgan fingerprint density at radius 2 is 1.85 bits per heavy atom. The highest BCUT2D eigenvalue weighted by molar-refractivity contribution is 5.92. The molecule has 0 amide bonds. The highest BCUT2D eigenvalue weighted by atomic mass is 16.6. The number of Topliss-reactive ketones (excluding diaryl/α,β-unsaturated/α-hetero) is 1. The number of ketones is 1. The standard InChI is InChI=1S/C23H32O3/c1-7-13(2)20-16(10-8-9-14(3)15(4)24)17-11-19-22(5,25-19)12-18(17)21-23(20,6)26-21/h7-10,16-21H,11-12H2,1-6H3/b10-8+,13-7+,14-9+/t16-,17-,18+,19-,20-,21-,22+,23+/m0/s1. The van der Waals surface area contributed by atoms with Crippen LogP contribution in [0.5, 0.6) is 0 Å². The van der Waals surface area contributed by atoms with Gasteiger partial charge in [0.05, 0.1) is 23.4 Å². The first-order chi connectivity index (χ1) is 12.2. The van der Waals surface area contributed by atoms with Crippen LogP contribution >= 0.6 is 0 Å². The molecule has 2 aliphatic heterocycles. The van der Waals surface area contributed by atoms with Gasteiger partial charge < -0.3 is 9.47 Å². The Hall–Kier alpha value is -1.19. The molecule has 4 fully saturated rings. The predicted octanol–water partition coefficient (Wildman–Crippen LogP) is 4.63. The maximum atomic E-state index is 11.5. The summed E-state index contributed by atoms with van der Waals surface area (Å²) < 4.78 is 12.4. The van der Waals surface area contributed by atoms with E-state index in [1.165, 1.54) is 5.57 Å². The van der Waals surface area contributed by atoms with Gasteiger partial charge in [0.25, 0.3) is 0 Å². The number of fused-ring (bicyclic) bond motifs is 4. The van der Waals surface area contributed by atoms with Gasteiger partial charge in [-0.2, -0.15) is 0 Å². The van der Waals surface area contributed by atoms with E-state index in [1.807, 2.05) is 13.0 Å². The van der Waals surface area contributed by atoms with E-state index in [1.54, 1.807) is 6.92 Å². The minimum Gasteiger partial charge on any atom is -0.366 e. The van der Waals surface area contributed by atoms with Crippen LogP contribution in [0.2, 0.25) is 0 Å². The Bertz CT molecular complexity index is 717. The van der Waals surface area contributed by atoms with E-state index >= 15 is 0 Å². The van der Waals surface area contributed by atoms with E-state index in [-0.39, 0.29) is 17.0 Å². The third-order valence-electron chi connectivity index (χ3n) is 7.67. The lowest BCUT2D eigenvalue weighted by atomic mass is 9.55. The third-order valence-corrected chi connectivity index (χ3v) is 7.67. The van der Waals surface area contributed by atoms with Crippen LogP contribution < -0.4 is 0 Å². The molecular formula is C23H32O3. The zero-order chi connectivity index (χ0) is 18.9. The average molecular weight is 357 g/mol. The molecule has 2 saturated heterocycles. The van der Waals surface area contributed by atoms with Crippen molar-refractivity contribution >= 4 is 5.78 Å². The van der Waals surface area contributed by atoms with Crippen LogP contribution in [-0.4, -0.2) is 29.2 Å². The van der Waals surface area contributed by atoms with Crippen LogP contribution in [0.4, 0.5) is 0 Å². The molecule has 2 aliphatic carbocycles. The lowest BCUT2D eigenvalue weighted by Gasteiger charge is -2.45. The highest BCUT2D eigenvalue weighted by Crippen LogP contribution is 2.67. The van der Waals surface area contributed by atoms with Crippen LogP contribution in [0.25, 0.3) is 0 Å². The predicted molar refractivity (Wildman–Crippen MR) is 103 cm³/mol. The topological polar surface area (TPSA) is 42.1 Å². The number of hydrogen-bond acceptors (Lipinski definition) is 3. The van der Waals surface area contributed by atoms with Gasteiger partial charge in [-0.3, -0.25) is 4.79 Å². The molecule has 0 spiro atoms. The van der Waals surface area contributed by atoms with Crippen molar-refractivity contribution in [3.05, 3.63) is 35.5 Å². The first-order valence-corrected chi connectivity index (χ1v) is 10.1. The molecule has 8 atom stereocenters. The molecule has 0 N–H and O–H groups in total. The van der Waals surface area contributed by atoms with Crippen molar-refractivity contribution in [3.8, 4) is 0 Å². The van der Waals surface area contributed by atoms with Crippen molar-refractivity contribution in [1.82, 2.24) is 0 Å². The summed E-state index contributed by atoms with van der Waals surface area (Å²) in [5.74, 6) is 2.15. The zero-order valence-electron chi connectivity index (χ0n) is 16.9. The largest absolute Gasteiger partial charge is 0.366 e. The fourth-order valence-electron chi connectivity index (χ4n) is 5.85. The normalized spacial score (nSPS) is 50.1. The molecule has 0 aromatic carbocycles. The number of rotatable bonds is 4. The molecule has 0 unspecified atom stereocenters. The van der Waals surface area contributed by atoms with E-state index in [0.717, 1.165) is 18.4 Å².